The summed E-state index contributed by atoms with van der Waals surface area (Å²) >= 11 is 0. The van der Waals surface area contributed by atoms with Gasteiger partial charge in [0.25, 0.3) is 5.91 Å². The molecule has 0 fully saturated rings. The first kappa shape index (κ1) is 13.0. The lowest BCUT2D eigenvalue weighted by Gasteiger charge is -2.06. The van der Waals surface area contributed by atoms with Gasteiger partial charge in [0.15, 0.2) is 6.61 Å². The van der Waals surface area contributed by atoms with Gasteiger partial charge in [-0.25, -0.2) is 4.79 Å². The van der Waals surface area contributed by atoms with Crippen molar-refractivity contribution in [2.75, 3.05) is 18.9 Å². The Labute approximate surface area is 99.9 Å². The van der Waals surface area contributed by atoms with Gasteiger partial charge in [0.2, 0.25) is 0 Å². The Balaban J connectivity index is 2.58. The number of rotatable bonds is 4. The van der Waals surface area contributed by atoms with E-state index in [0.29, 0.717) is 17.8 Å². The highest BCUT2D eigenvalue weighted by atomic mass is 16.5. The van der Waals surface area contributed by atoms with Gasteiger partial charge in [-0.2, -0.15) is 0 Å². The number of nitrogens with one attached hydrogen (secondary N) is 1. The minimum absolute atomic E-state index is 0.277. The van der Waals surface area contributed by atoms with E-state index in [0.717, 1.165) is 5.56 Å². The highest BCUT2D eigenvalue weighted by Crippen LogP contribution is 2.13. The molecule has 0 aliphatic carbocycles. The SMILES string of the molecule is CCNC(=O)COC(=O)c1ccc(C)c(N)c1. The van der Waals surface area contributed by atoms with Crippen LogP contribution in [0.4, 0.5) is 5.69 Å². The number of nitrogen functional groups attached to an aromatic ring is 1. The molecule has 0 atom stereocenters. The predicted molar refractivity (Wildman–Crippen MR) is 64.6 cm³/mol. The Hall–Kier alpha value is -2.04. The lowest BCUT2D eigenvalue weighted by Crippen LogP contribution is -2.28. The fourth-order valence-electron chi connectivity index (χ4n) is 1.23. The largest absolute Gasteiger partial charge is 0.452 e. The van der Waals surface area contributed by atoms with Gasteiger partial charge in [-0.05, 0) is 31.5 Å². The smallest absolute Gasteiger partial charge is 0.338 e. The van der Waals surface area contributed by atoms with E-state index in [1.165, 1.54) is 6.07 Å². The van der Waals surface area contributed by atoms with Crippen LogP contribution < -0.4 is 11.1 Å². The molecule has 92 valence electrons. The van der Waals surface area contributed by atoms with Crippen molar-refractivity contribution in [3.05, 3.63) is 29.3 Å². The molecule has 0 aliphatic rings. The number of carbonyl (C=O) groups is 2. The van der Waals surface area contributed by atoms with Crippen LogP contribution in [-0.4, -0.2) is 25.0 Å². The molecule has 0 heterocycles. The molecule has 17 heavy (non-hydrogen) atoms. The van der Waals surface area contributed by atoms with Gasteiger partial charge in [-0.1, -0.05) is 6.07 Å². The second kappa shape index (κ2) is 5.89. The number of likely N-dealkylation sites (N-methyl/N-ethyl adjacent to an activating group) is 1. The maximum atomic E-state index is 11.6. The van der Waals surface area contributed by atoms with Gasteiger partial charge >= 0.3 is 5.97 Å². The van der Waals surface area contributed by atoms with E-state index in [1.54, 1.807) is 19.1 Å². The molecule has 1 aromatic rings. The van der Waals surface area contributed by atoms with E-state index < -0.39 is 5.97 Å². The third-order valence-electron chi connectivity index (χ3n) is 2.22. The summed E-state index contributed by atoms with van der Waals surface area (Å²) in [5, 5.41) is 2.53. The second-order valence-corrected chi connectivity index (χ2v) is 3.60. The quantitative estimate of drug-likeness (QED) is 0.600. The van der Waals surface area contributed by atoms with E-state index in [-0.39, 0.29) is 12.5 Å². The van der Waals surface area contributed by atoms with Gasteiger partial charge in [-0.3, -0.25) is 4.79 Å². The van der Waals surface area contributed by atoms with Crippen LogP contribution in [0, 0.1) is 6.92 Å². The molecule has 0 spiro atoms. The molecule has 0 aromatic heterocycles. The fourth-order valence-corrected chi connectivity index (χ4v) is 1.23. The minimum atomic E-state index is -0.553. The van der Waals surface area contributed by atoms with E-state index in [9.17, 15) is 9.59 Å². The van der Waals surface area contributed by atoms with Crippen LogP contribution in [0.1, 0.15) is 22.8 Å². The van der Waals surface area contributed by atoms with Gasteiger partial charge < -0.3 is 15.8 Å². The summed E-state index contributed by atoms with van der Waals surface area (Å²) in [5.41, 5.74) is 7.44. The third kappa shape index (κ3) is 3.79. The van der Waals surface area contributed by atoms with Crippen molar-refractivity contribution in [3.8, 4) is 0 Å². The third-order valence-corrected chi connectivity index (χ3v) is 2.22. The number of hydrogen-bond acceptors (Lipinski definition) is 4. The predicted octanol–water partition coefficient (Wildman–Crippen LogP) is 0.870. The monoisotopic (exact) mass is 236 g/mol. The van der Waals surface area contributed by atoms with Crippen molar-refractivity contribution < 1.29 is 14.3 Å². The van der Waals surface area contributed by atoms with Crippen molar-refractivity contribution in [2.24, 2.45) is 0 Å². The van der Waals surface area contributed by atoms with Gasteiger partial charge in [0, 0.05) is 12.2 Å². The highest BCUT2D eigenvalue weighted by Gasteiger charge is 2.10. The Morgan fingerprint density at radius 1 is 1.41 bits per heavy atom. The summed E-state index contributed by atoms with van der Waals surface area (Å²) in [7, 11) is 0. The van der Waals surface area contributed by atoms with E-state index in [1.807, 2.05) is 6.92 Å². The molecule has 3 N–H and O–H groups in total. The Morgan fingerprint density at radius 2 is 2.12 bits per heavy atom. The molecule has 0 saturated heterocycles. The summed E-state index contributed by atoms with van der Waals surface area (Å²) in [6, 6.07) is 4.89. The summed E-state index contributed by atoms with van der Waals surface area (Å²) in [4.78, 5) is 22.6. The van der Waals surface area contributed by atoms with Crippen molar-refractivity contribution in [2.45, 2.75) is 13.8 Å². The number of hydrogen-bond donors (Lipinski definition) is 2. The number of amides is 1. The van der Waals surface area contributed by atoms with Crippen LogP contribution >= 0.6 is 0 Å². The highest BCUT2D eigenvalue weighted by molar-refractivity contribution is 5.92. The van der Waals surface area contributed by atoms with Crippen molar-refractivity contribution in [1.82, 2.24) is 5.32 Å². The number of benzene rings is 1. The van der Waals surface area contributed by atoms with E-state index in [4.69, 9.17) is 10.5 Å². The average Bonchev–Trinajstić information content (AvgIpc) is 2.30. The van der Waals surface area contributed by atoms with Crippen LogP contribution in [0.25, 0.3) is 0 Å². The Bertz CT molecular complexity index is 430. The molecular formula is C12H16N2O3. The number of ether oxygens (including phenoxy) is 1. The molecule has 0 saturated carbocycles. The molecular weight excluding hydrogens is 220 g/mol. The molecule has 1 amide bonds. The molecule has 0 radical (unpaired) electrons. The van der Waals surface area contributed by atoms with Crippen molar-refractivity contribution in [1.29, 1.82) is 0 Å². The van der Waals surface area contributed by atoms with Crippen molar-refractivity contribution in [3.63, 3.8) is 0 Å². The maximum absolute atomic E-state index is 11.6. The van der Waals surface area contributed by atoms with Crippen LogP contribution in [0.15, 0.2) is 18.2 Å². The zero-order valence-corrected chi connectivity index (χ0v) is 9.95. The summed E-state index contributed by atoms with van der Waals surface area (Å²) in [5.74, 6) is -0.871. The molecule has 0 bridgehead atoms. The summed E-state index contributed by atoms with van der Waals surface area (Å²) in [6.45, 7) is 3.87. The maximum Gasteiger partial charge on any atom is 0.338 e. The number of nitrogens with two attached hydrogens (primary N) is 1. The number of anilines is 1. The van der Waals surface area contributed by atoms with E-state index in [2.05, 4.69) is 5.32 Å². The Morgan fingerprint density at radius 3 is 2.71 bits per heavy atom. The molecule has 1 aromatic carbocycles. The van der Waals surface area contributed by atoms with Gasteiger partial charge in [0.05, 0.1) is 5.56 Å². The number of esters is 1. The van der Waals surface area contributed by atoms with Crippen LogP contribution in [0.5, 0.6) is 0 Å². The van der Waals surface area contributed by atoms with Crippen LogP contribution in [-0.2, 0) is 9.53 Å². The molecule has 5 heteroatoms. The van der Waals surface area contributed by atoms with Crippen LogP contribution in [0.2, 0.25) is 0 Å². The number of aryl methyl sites for hydroxylation is 1. The normalized spacial score (nSPS) is 9.76. The van der Waals surface area contributed by atoms with E-state index >= 15 is 0 Å². The zero-order valence-electron chi connectivity index (χ0n) is 9.95. The summed E-state index contributed by atoms with van der Waals surface area (Å²) < 4.78 is 4.83. The minimum Gasteiger partial charge on any atom is -0.452 e. The molecule has 0 unspecified atom stereocenters. The standard InChI is InChI=1S/C12H16N2O3/c1-3-14-11(15)7-17-12(16)9-5-4-8(2)10(13)6-9/h4-6H,3,7,13H2,1-2H3,(H,14,15). The Kier molecular flexibility index (Phi) is 4.51. The second-order valence-electron chi connectivity index (χ2n) is 3.60. The number of carbonyl (C=O) groups excluding carboxylic acids is 2. The van der Waals surface area contributed by atoms with Crippen LogP contribution in [0.3, 0.4) is 0 Å². The molecule has 1 rings (SSSR count). The van der Waals surface area contributed by atoms with Crippen molar-refractivity contribution >= 4 is 17.6 Å². The van der Waals surface area contributed by atoms with Gasteiger partial charge in [0.1, 0.15) is 0 Å². The lowest BCUT2D eigenvalue weighted by atomic mass is 10.1. The molecule has 5 nitrogen and oxygen atoms in total. The topological polar surface area (TPSA) is 81.4 Å². The molecule has 0 aliphatic heterocycles. The summed E-state index contributed by atoms with van der Waals surface area (Å²) in [6.07, 6.45) is 0. The average molecular weight is 236 g/mol. The fraction of sp³-hybridized carbons (Fsp3) is 0.333. The zero-order chi connectivity index (χ0) is 12.8. The first-order valence-electron chi connectivity index (χ1n) is 5.34. The first-order valence-corrected chi connectivity index (χ1v) is 5.34. The first-order chi connectivity index (χ1) is 8.04. The lowest BCUT2D eigenvalue weighted by molar-refractivity contribution is -0.124. The van der Waals surface area contributed by atoms with Gasteiger partial charge in [-0.15, -0.1) is 0 Å².